The molecule has 0 amide bonds. The van der Waals surface area contributed by atoms with Crippen molar-refractivity contribution in [2.24, 2.45) is 11.8 Å². The summed E-state index contributed by atoms with van der Waals surface area (Å²) in [7, 11) is 0. The number of unbranched alkanes of at least 4 members (excludes halogenated alkanes) is 1. The van der Waals surface area contributed by atoms with Crippen LogP contribution >= 0.6 is 0 Å². The molecule has 1 aromatic rings. The summed E-state index contributed by atoms with van der Waals surface area (Å²) in [6.45, 7) is 3.07. The number of carbonyl (C=O) groups is 2. The molecule has 5 nitrogen and oxygen atoms in total. The molecule has 5 heteroatoms. The van der Waals surface area contributed by atoms with Crippen LogP contribution in [0.5, 0.6) is 0 Å². The van der Waals surface area contributed by atoms with Gasteiger partial charge in [-0.1, -0.05) is 56.9 Å². The van der Waals surface area contributed by atoms with Gasteiger partial charge < -0.3 is 15.5 Å². The van der Waals surface area contributed by atoms with Gasteiger partial charge in [-0.2, -0.15) is 0 Å². The standard InChI is InChI=1S/C25H39NO4/c1-2-7-19-11-13-20(14-12-19)15-16-22(25(29)30)18-21(24(27)28)8-5-6-17-26-23-9-3-4-10-23/h11-14,21-23,26H,2-10,15-18H2,1H3,(H,27,28)(H,29,30)/t21?,22-/m1/s1. The van der Waals surface area contributed by atoms with E-state index in [4.69, 9.17) is 0 Å². The Morgan fingerprint density at radius 1 is 0.933 bits per heavy atom. The van der Waals surface area contributed by atoms with Crippen molar-refractivity contribution < 1.29 is 19.8 Å². The normalized spacial score (nSPS) is 16.4. The summed E-state index contributed by atoms with van der Waals surface area (Å²) in [5.41, 5.74) is 2.41. The first-order valence-corrected chi connectivity index (χ1v) is 11.8. The van der Waals surface area contributed by atoms with E-state index < -0.39 is 23.8 Å². The number of carboxylic acid groups (broad SMARTS) is 2. The summed E-state index contributed by atoms with van der Waals surface area (Å²) >= 11 is 0. The molecule has 1 saturated carbocycles. The largest absolute Gasteiger partial charge is 0.481 e. The predicted octanol–water partition coefficient (Wildman–Crippen LogP) is 5.07. The first kappa shape index (κ1) is 24.4. The lowest BCUT2D eigenvalue weighted by Crippen LogP contribution is -2.27. The third-order valence-corrected chi connectivity index (χ3v) is 6.38. The first-order chi connectivity index (χ1) is 14.5. The minimum absolute atomic E-state index is 0.217. The molecular weight excluding hydrogens is 378 g/mol. The maximum absolute atomic E-state index is 11.7. The smallest absolute Gasteiger partial charge is 0.306 e. The minimum atomic E-state index is -0.883. The van der Waals surface area contributed by atoms with Crippen LogP contribution in [-0.4, -0.2) is 34.7 Å². The van der Waals surface area contributed by atoms with Crippen molar-refractivity contribution in [3.8, 4) is 0 Å². The predicted molar refractivity (Wildman–Crippen MR) is 120 cm³/mol. The van der Waals surface area contributed by atoms with E-state index in [1.54, 1.807) is 0 Å². The maximum atomic E-state index is 11.7. The quantitative estimate of drug-likeness (QED) is 0.347. The van der Waals surface area contributed by atoms with Crippen LogP contribution in [-0.2, 0) is 22.4 Å². The van der Waals surface area contributed by atoms with E-state index in [-0.39, 0.29) is 6.42 Å². The summed E-state index contributed by atoms with van der Waals surface area (Å²) in [5, 5.41) is 22.8. The molecule has 0 aromatic heterocycles. The molecular formula is C25H39NO4. The summed E-state index contributed by atoms with van der Waals surface area (Å²) in [5.74, 6) is -2.94. The molecule has 168 valence electrons. The van der Waals surface area contributed by atoms with Crippen LogP contribution in [0.25, 0.3) is 0 Å². The van der Waals surface area contributed by atoms with Crippen LogP contribution in [0.4, 0.5) is 0 Å². The van der Waals surface area contributed by atoms with Gasteiger partial charge in [0.25, 0.3) is 0 Å². The lowest BCUT2D eigenvalue weighted by Gasteiger charge is -2.18. The Kier molecular flexibility index (Phi) is 10.9. The molecule has 0 saturated heterocycles. The number of benzene rings is 1. The van der Waals surface area contributed by atoms with Gasteiger partial charge in [-0.05, 0) is 69.0 Å². The third kappa shape index (κ3) is 8.86. The SMILES string of the molecule is CCCc1ccc(CC[C@H](CC(CCCCNC2CCCC2)C(=O)O)C(=O)O)cc1. The second-order valence-electron chi connectivity index (χ2n) is 8.84. The van der Waals surface area contributed by atoms with Crippen LogP contribution in [0.1, 0.15) is 82.3 Å². The minimum Gasteiger partial charge on any atom is -0.481 e. The molecule has 1 aliphatic rings. The zero-order valence-corrected chi connectivity index (χ0v) is 18.4. The topological polar surface area (TPSA) is 86.6 Å². The monoisotopic (exact) mass is 417 g/mol. The fourth-order valence-corrected chi connectivity index (χ4v) is 4.48. The lowest BCUT2D eigenvalue weighted by molar-refractivity contribution is -0.146. The molecule has 2 atom stereocenters. The fraction of sp³-hybridized carbons (Fsp3) is 0.680. The van der Waals surface area contributed by atoms with Crippen molar-refractivity contribution in [2.75, 3.05) is 6.54 Å². The Morgan fingerprint density at radius 2 is 1.50 bits per heavy atom. The van der Waals surface area contributed by atoms with Crippen LogP contribution < -0.4 is 5.32 Å². The molecule has 1 fully saturated rings. The summed E-state index contributed by atoms with van der Waals surface area (Å²) in [4.78, 5) is 23.4. The fourth-order valence-electron chi connectivity index (χ4n) is 4.48. The maximum Gasteiger partial charge on any atom is 0.306 e. The number of aryl methyl sites for hydroxylation is 2. The van der Waals surface area contributed by atoms with Crippen molar-refractivity contribution in [1.29, 1.82) is 0 Å². The van der Waals surface area contributed by atoms with Crippen molar-refractivity contribution in [3.63, 3.8) is 0 Å². The van der Waals surface area contributed by atoms with Gasteiger partial charge in [0.05, 0.1) is 11.8 Å². The van der Waals surface area contributed by atoms with E-state index in [1.165, 1.54) is 31.2 Å². The Morgan fingerprint density at radius 3 is 2.07 bits per heavy atom. The summed E-state index contributed by atoms with van der Waals surface area (Å²) in [6.07, 6.45) is 10.9. The molecule has 1 unspecified atom stereocenters. The molecule has 0 aliphatic heterocycles. The molecule has 1 aliphatic carbocycles. The Hall–Kier alpha value is -1.88. The zero-order chi connectivity index (χ0) is 21.8. The molecule has 0 heterocycles. The van der Waals surface area contributed by atoms with E-state index in [9.17, 15) is 19.8 Å². The van der Waals surface area contributed by atoms with E-state index in [0.29, 0.717) is 25.3 Å². The van der Waals surface area contributed by atoms with Gasteiger partial charge in [-0.3, -0.25) is 9.59 Å². The van der Waals surface area contributed by atoms with Crippen molar-refractivity contribution in [1.82, 2.24) is 5.32 Å². The highest BCUT2D eigenvalue weighted by Crippen LogP contribution is 2.24. The zero-order valence-electron chi connectivity index (χ0n) is 18.4. The first-order valence-electron chi connectivity index (χ1n) is 11.8. The summed E-state index contributed by atoms with van der Waals surface area (Å²) < 4.78 is 0. The van der Waals surface area contributed by atoms with E-state index in [2.05, 4.69) is 36.5 Å². The van der Waals surface area contributed by atoms with Crippen molar-refractivity contribution in [2.45, 2.75) is 90.0 Å². The summed E-state index contributed by atoms with van der Waals surface area (Å²) in [6, 6.07) is 8.97. The van der Waals surface area contributed by atoms with Crippen molar-refractivity contribution in [3.05, 3.63) is 35.4 Å². The van der Waals surface area contributed by atoms with Crippen LogP contribution in [0, 0.1) is 11.8 Å². The van der Waals surface area contributed by atoms with E-state index >= 15 is 0 Å². The van der Waals surface area contributed by atoms with Gasteiger partial charge >= 0.3 is 11.9 Å². The molecule has 0 bridgehead atoms. The number of rotatable bonds is 15. The second-order valence-corrected chi connectivity index (χ2v) is 8.84. The van der Waals surface area contributed by atoms with Gasteiger partial charge in [0, 0.05) is 6.04 Å². The van der Waals surface area contributed by atoms with Gasteiger partial charge in [0.15, 0.2) is 0 Å². The number of aliphatic carboxylic acids is 2. The molecule has 1 aromatic carbocycles. The van der Waals surface area contributed by atoms with Crippen LogP contribution in [0.3, 0.4) is 0 Å². The van der Waals surface area contributed by atoms with Gasteiger partial charge in [0.2, 0.25) is 0 Å². The number of nitrogens with one attached hydrogen (secondary N) is 1. The Labute approximate surface area is 181 Å². The lowest BCUT2D eigenvalue weighted by atomic mass is 9.87. The average Bonchev–Trinajstić information content (AvgIpc) is 3.23. The molecule has 3 N–H and O–H groups in total. The number of hydrogen-bond acceptors (Lipinski definition) is 3. The van der Waals surface area contributed by atoms with Gasteiger partial charge in [0.1, 0.15) is 0 Å². The molecule has 2 rings (SSSR count). The average molecular weight is 418 g/mol. The molecule has 30 heavy (non-hydrogen) atoms. The molecule has 0 radical (unpaired) electrons. The van der Waals surface area contributed by atoms with Crippen molar-refractivity contribution >= 4 is 11.9 Å². The van der Waals surface area contributed by atoms with Gasteiger partial charge in [-0.25, -0.2) is 0 Å². The highest BCUT2D eigenvalue weighted by molar-refractivity contribution is 5.73. The Bertz CT molecular complexity index is 637. The number of hydrogen-bond donors (Lipinski definition) is 3. The second kappa shape index (κ2) is 13.4. The van der Waals surface area contributed by atoms with E-state index in [1.807, 2.05) is 0 Å². The number of carboxylic acids is 2. The highest BCUT2D eigenvalue weighted by Gasteiger charge is 2.26. The van der Waals surface area contributed by atoms with Crippen LogP contribution in [0.2, 0.25) is 0 Å². The van der Waals surface area contributed by atoms with Crippen LogP contribution in [0.15, 0.2) is 24.3 Å². The third-order valence-electron chi connectivity index (χ3n) is 6.38. The van der Waals surface area contributed by atoms with Gasteiger partial charge in [-0.15, -0.1) is 0 Å². The highest BCUT2D eigenvalue weighted by atomic mass is 16.4. The Balaban J connectivity index is 1.76. The molecule has 0 spiro atoms. The van der Waals surface area contributed by atoms with E-state index in [0.717, 1.165) is 37.8 Å².